The van der Waals surface area contributed by atoms with Gasteiger partial charge in [0, 0.05) is 20.0 Å². The Balaban J connectivity index is 1.52. The quantitative estimate of drug-likeness (QED) is 0.628. The number of nitrogens with zero attached hydrogens (tertiary/aromatic N) is 2. The molecule has 0 aliphatic carbocycles. The van der Waals surface area contributed by atoms with Crippen LogP contribution in [0.3, 0.4) is 0 Å². The summed E-state index contributed by atoms with van der Waals surface area (Å²) in [5, 5.41) is 0. The topological polar surface area (TPSA) is 32.8 Å². The second-order valence-electron chi connectivity index (χ2n) is 7.17. The monoisotopic (exact) mass is 372 g/mol. The molecule has 0 unspecified atom stereocenters. The maximum absolute atomic E-state index is 12.1. The summed E-state index contributed by atoms with van der Waals surface area (Å²) in [7, 11) is 0. The maximum Gasteiger partial charge on any atom is 0.224 e. The van der Waals surface area contributed by atoms with Gasteiger partial charge in [-0.15, -0.1) is 0 Å². The lowest BCUT2D eigenvalue weighted by molar-refractivity contribution is -0.117. The Hall–Kier alpha value is -3.27. The first kappa shape index (κ1) is 18.1. The Morgan fingerprint density at radius 1 is 0.893 bits per heavy atom. The highest BCUT2D eigenvalue weighted by atomic mass is 16.5. The van der Waals surface area contributed by atoms with E-state index in [0.29, 0.717) is 0 Å². The van der Waals surface area contributed by atoms with Gasteiger partial charge in [0.1, 0.15) is 11.5 Å². The van der Waals surface area contributed by atoms with Gasteiger partial charge in [0.15, 0.2) is 0 Å². The van der Waals surface area contributed by atoms with Crippen LogP contribution in [0.25, 0.3) is 0 Å². The van der Waals surface area contributed by atoms with E-state index in [0.717, 1.165) is 36.0 Å². The number of hydrogen-bond acceptors (Lipinski definition) is 3. The number of ether oxygens (including phenoxy) is 1. The van der Waals surface area contributed by atoms with Crippen molar-refractivity contribution < 1.29 is 9.53 Å². The number of fused-ring (bicyclic) bond motifs is 1. The molecular formula is C24H24N2O2. The molecule has 0 radical (unpaired) electrons. The number of carbonyl (C=O) groups is 1. The predicted molar refractivity (Wildman–Crippen MR) is 113 cm³/mol. The molecule has 142 valence electrons. The van der Waals surface area contributed by atoms with Gasteiger partial charge in [-0.1, -0.05) is 42.5 Å². The fourth-order valence-electron chi connectivity index (χ4n) is 3.81. The molecule has 1 amide bonds. The minimum atomic E-state index is 0.0852. The number of amides is 1. The van der Waals surface area contributed by atoms with E-state index >= 15 is 0 Å². The summed E-state index contributed by atoms with van der Waals surface area (Å²) in [6.45, 7) is 5.33. The van der Waals surface area contributed by atoms with Gasteiger partial charge in [-0.2, -0.15) is 0 Å². The largest absolute Gasteiger partial charge is 0.457 e. The summed E-state index contributed by atoms with van der Waals surface area (Å²) in [5.41, 5.74) is 3.29. The van der Waals surface area contributed by atoms with E-state index in [1.807, 2.05) is 65.6 Å². The van der Waals surface area contributed by atoms with Crippen LogP contribution in [-0.2, 0) is 11.3 Å². The van der Waals surface area contributed by atoms with Crippen molar-refractivity contribution >= 4 is 17.3 Å². The Morgan fingerprint density at radius 3 is 2.18 bits per heavy atom. The van der Waals surface area contributed by atoms with Crippen molar-refractivity contribution in [1.82, 2.24) is 0 Å². The van der Waals surface area contributed by atoms with Crippen molar-refractivity contribution in [1.29, 1.82) is 0 Å². The molecule has 0 saturated heterocycles. The van der Waals surface area contributed by atoms with Gasteiger partial charge < -0.3 is 14.5 Å². The fourth-order valence-corrected chi connectivity index (χ4v) is 3.81. The number of hydrogen-bond donors (Lipinski definition) is 0. The Kier molecular flexibility index (Phi) is 5.02. The molecule has 1 heterocycles. The zero-order valence-corrected chi connectivity index (χ0v) is 16.2. The summed E-state index contributed by atoms with van der Waals surface area (Å²) in [4.78, 5) is 16.3. The van der Waals surface area contributed by atoms with E-state index in [2.05, 4.69) is 30.0 Å². The van der Waals surface area contributed by atoms with Crippen LogP contribution in [0.5, 0.6) is 11.5 Å². The van der Waals surface area contributed by atoms with Gasteiger partial charge in [-0.25, -0.2) is 0 Å². The van der Waals surface area contributed by atoms with Gasteiger partial charge in [0.2, 0.25) is 5.91 Å². The molecule has 4 rings (SSSR count). The molecule has 4 heteroatoms. The van der Waals surface area contributed by atoms with Crippen LogP contribution in [0, 0.1) is 0 Å². The van der Waals surface area contributed by atoms with Crippen molar-refractivity contribution in [2.75, 3.05) is 16.3 Å². The summed E-state index contributed by atoms with van der Waals surface area (Å²) in [6.07, 6.45) is 0. The first-order valence-electron chi connectivity index (χ1n) is 9.57. The second-order valence-corrected chi connectivity index (χ2v) is 7.17. The SMILES string of the molecule is CC(=O)N1c2ccccc2N(Cc2ccc(Oc3ccccc3)cc2)C[C@@H]1C. The molecule has 0 N–H and O–H groups in total. The zero-order chi connectivity index (χ0) is 19.5. The first-order valence-corrected chi connectivity index (χ1v) is 9.57. The third-order valence-electron chi connectivity index (χ3n) is 5.02. The zero-order valence-electron chi connectivity index (χ0n) is 16.2. The van der Waals surface area contributed by atoms with Crippen LogP contribution >= 0.6 is 0 Å². The van der Waals surface area contributed by atoms with E-state index in [4.69, 9.17) is 4.74 Å². The van der Waals surface area contributed by atoms with Crippen LogP contribution in [-0.4, -0.2) is 18.5 Å². The first-order chi connectivity index (χ1) is 13.6. The van der Waals surface area contributed by atoms with Gasteiger partial charge >= 0.3 is 0 Å². The molecule has 0 spiro atoms. The number of para-hydroxylation sites is 3. The molecule has 3 aromatic rings. The van der Waals surface area contributed by atoms with Crippen molar-refractivity contribution in [3.8, 4) is 11.5 Å². The third kappa shape index (κ3) is 3.72. The molecule has 3 aromatic carbocycles. The molecule has 1 aliphatic heterocycles. The fraction of sp³-hybridized carbons (Fsp3) is 0.208. The maximum atomic E-state index is 12.1. The minimum Gasteiger partial charge on any atom is -0.457 e. The summed E-state index contributed by atoms with van der Waals surface area (Å²) in [5.74, 6) is 1.74. The molecular weight excluding hydrogens is 348 g/mol. The highest BCUT2D eigenvalue weighted by Gasteiger charge is 2.30. The number of carbonyl (C=O) groups excluding carboxylic acids is 1. The van der Waals surface area contributed by atoms with E-state index in [1.54, 1.807) is 6.92 Å². The van der Waals surface area contributed by atoms with E-state index in [-0.39, 0.29) is 11.9 Å². The lowest BCUT2D eigenvalue weighted by Gasteiger charge is -2.41. The van der Waals surface area contributed by atoms with Crippen molar-refractivity contribution in [3.63, 3.8) is 0 Å². The Labute approximate surface area is 166 Å². The Bertz CT molecular complexity index is 954. The highest BCUT2D eigenvalue weighted by molar-refractivity contribution is 5.97. The lowest BCUT2D eigenvalue weighted by Crippen LogP contribution is -2.49. The second kappa shape index (κ2) is 7.77. The van der Waals surface area contributed by atoms with Crippen LogP contribution < -0.4 is 14.5 Å². The number of anilines is 2. The third-order valence-corrected chi connectivity index (χ3v) is 5.02. The van der Waals surface area contributed by atoms with Gasteiger partial charge in [-0.3, -0.25) is 4.79 Å². The van der Waals surface area contributed by atoms with Crippen LogP contribution in [0.2, 0.25) is 0 Å². The highest BCUT2D eigenvalue weighted by Crippen LogP contribution is 2.36. The number of benzene rings is 3. The normalized spacial score (nSPS) is 15.9. The van der Waals surface area contributed by atoms with Crippen LogP contribution in [0.1, 0.15) is 19.4 Å². The van der Waals surface area contributed by atoms with Crippen LogP contribution in [0.15, 0.2) is 78.9 Å². The molecule has 1 atom stereocenters. The van der Waals surface area contributed by atoms with E-state index in [9.17, 15) is 4.79 Å². The van der Waals surface area contributed by atoms with Gasteiger partial charge in [-0.05, 0) is 48.9 Å². The van der Waals surface area contributed by atoms with Crippen LogP contribution in [0.4, 0.5) is 11.4 Å². The van der Waals surface area contributed by atoms with E-state index < -0.39 is 0 Å². The molecule has 4 nitrogen and oxygen atoms in total. The molecule has 0 fully saturated rings. The average molecular weight is 372 g/mol. The standard InChI is InChI=1S/C24H24N2O2/c1-18-16-25(23-10-6-7-11-24(23)26(18)19(2)27)17-20-12-14-22(15-13-20)28-21-8-4-3-5-9-21/h3-15,18H,16-17H2,1-2H3/t18-/m0/s1. The summed E-state index contributed by atoms with van der Waals surface area (Å²) < 4.78 is 5.88. The molecule has 0 aromatic heterocycles. The summed E-state index contributed by atoms with van der Waals surface area (Å²) >= 11 is 0. The van der Waals surface area contributed by atoms with Crippen molar-refractivity contribution in [2.45, 2.75) is 26.4 Å². The van der Waals surface area contributed by atoms with Crippen molar-refractivity contribution in [2.24, 2.45) is 0 Å². The molecule has 0 saturated carbocycles. The Morgan fingerprint density at radius 2 is 1.50 bits per heavy atom. The van der Waals surface area contributed by atoms with Gasteiger partial charge in [0.05, 0.1) is 17.4 Å². The molecule has 0 bridgehead atoms. The average Bonchev–Trinajstić information content (AvgIpc) is 2.70. The minimum absolute atomic E-state index is 0.0852. The van der Waals surface area contributed by atoms with Gasteiger partial charge in [0.25, 0.3) is 0 Å². The smallest absolute Gasteiger partial charge is 0.224 e. The van der Waals surface area contributed by atoms with Crippen molar-refractivity contribution in [3.05, 3.63) is 84.4 Å². The molecule has 28 heavy (non-hydrogen) atoms. The predicted octanol–water partition coefficient (Wildman–Crippen LogP) is 5.24. The molecule has 1 aliphatic rings. The lowest BCUT2D eigenvalue weighted by atomic mass is 10.1. The summed E-state index contributed by atoms with van der Waals surface area (Å²) in [6, 6.07) is 26.2. The number of rotatable bonds is 4. The van der Waals surface area contributed by atoms with E-state index in [1.165, 1.54) is 5.56 Å².